The number of primary amides is 1. The summed E-state index contributed by atoms with van der Waals surface area (Å²) in [6.45, 7) is 1.96. The number of likely N-dealkylation sites (N-methyl/N-ethyl adjacent to an activating group) is 1. The molecular formula is C30H28N2O7. The number of rotatable bonds is 2. The summed E-state index contributed by atoms with van der Waals surface area (Å²) >= 11 is 0. The van der Waals surface area contributed by atoms with Crippen LogP contribution in [0.4, 0.5) is 0 Å². The Morgan fingerprint density at radius 2 is 1.69 bits per heavy atom. The number of ketones is 4. The second-order valence-electron chi connectivity index (χ2n) is 10.9. The molecule has 0 heterocycles. The first-order valence-corrected chi connectivity index (χ1v) is 12.7. The Morgan fingerprint density at radius 1 is 1.03 bits per heavy atom. The Kier molecular flexibility index (Phi) is 6.29. The molecule has 5 rings (SSSR count). The molecule has 2 saturated carbocycles. The summed E-state index contributed by atoms with van der Waals surface area (Å²) < 4.78 is 0. The lowest BCUT2D eigenvalue weighted by atomic mass is 9.52. The number of fused-ring (bicyclic) bond motifs is 3. The topological polar surface area (TPSA) is 155 Å². The molecule has 0 aromatic heterocycles. The predicted molar refractivity (Wildman–Crippen MR) is 139 cm³/mol. The largest absolute Gasteiger partial charge is 0.507 e. The molecule has 0 bridgehead atoms. The minimum absolute atomic E-state index is 0.00954. The van der Waals surface area contributed by atoms with Gasteiger partial charge in [0.2, 0.25) is 5.91 Å². The van der Waals surface area contributed by atoms with E-state index in [0.29, 0.717) is 11.1 Å². The van der Waals surface area contributed by atoms with Crippen LogP contribution in [0.2, 0.25) is 0 Å². The number of phenols is 1. The van der Waals surface area contributed by atoms with Crippen molar-refractivity contribution >= 4 is 29.0 Å². The van der Waals surface area contributed by atoms with Gasteiger partial charge in [-0.25, -0.2) is 0 Å². The van der Waals surface area contributed by atoms with Crippen molar-refractivity contribution in [3.05, 3.63) is 64.2 Å². The minimum atomic E-state index is -2.74. The van der Waals surface area contributed by atoms with Gasteiger partial charge in [0.1, 0.15) is 5.75 Å². The maximum Gasteiger partial charge on any atom is 0.235 e. The third-order valence-electron chi connectivity index (χ3n) is 8.34. The molecule has 0 radical (unpaired) electrons. The van der Waals surface area contributed by atoms with Crippen molar-refractivity contribution in [2.45, 2.75) is 31.4 Å². The van der Waals surface area contributed by atoms with E-state index in [-0.39, 0.29) is 24.2 Å². The van der Waals surface area contributed by atoms with Gasteiger partial charge in [-0.15, -0.1) is 0 Å². The Balaban J connectivity index is 1.61. The monoisotopic (exact) mass is 528 g/mol. The van der Waals surface area contributed by atoms with Crippen molar-refractivity contribution in [1.82, 2.24) is 4.90 Å². The number of aliphatic hydroxyl groups is 1. The number of hydrogen-bond acceptors (Lipinski definition) is 8. The Hall–Kier alpha value is -4.13. The molecule has 2 aromatic rings. The molecule has 0 aliphatic heterocycles. The van der Waals surface area contributed by atoms with Crippen LogP contribution in [0.15, 0.2) is 36.4 Å². The van der Waals surface area contributed by atoms with E-state index in [1.807, 2.05) is 31.2 Å². The van der Waals surface area contributed by atoms with Crippen molar-refractivity contribution in [3.63, 3.8) is 0 Å². The number of benzene rings is 2. The van der Waals surface area contributed by atoms with Gasteiger partial charge >= 0.3 is 0 Å². The summed E-state index contributed by atoms with van der Waals surface area (Å²) in [5, 5.41) is 22.3. The average molecular weight is 529 g/mol. The predicted octanol–water partition coefficient (Wildman–Crippen LogP) is 0.575. The van der Waals surface area contributed by atoms with Crippen molar-refractivity contribution in [1.29, 1.82) is 0 Å². The molecule has 3 aliphatic carbocycles. The molecule has 4 N–H and O–H groups in total. The zero-order valence-electron chi connectivity index (χ0n) is 21.7. The number of carbonyl (C=O) groups is 5. The number of carbonyl (C=O) groups excluding carboxylic acids is 5. The SMILES string of the molecule is Cc1ccc(C#Cc2ccc(O)c3c2CC2CC4[C@H](N(C)C)C(=O)C(C(N)=O)C(=O)[C@@]4(O)C(=O)C2C3=O)cc1. The summed E-state index contributed by atoms with van der Waals surface area (Å²) in [5.41, 5.74) is 5.36. The first-order valence-electron chi connectivity index (χ1n) is 12.7. The highest BCUT2D eigenvalue weighted by Gasteiger charge is 2.69. The number of Topliss-reactive ketones (excluding diaryl/α,β-unsaturated/α-hetero) is 4. The minimum Gasteiger partial charge on any atom is -0.507 e. The van der Waals surface area contributed by atoms with Crippen LogP contribution in [-0.2, 0) is 25.6 Å². The van der Waals surface area contributed by atoms with Crippen molar-refractivity contribution in [3.8, 4) is 17.6 Å². The van der Waals surface area contributed by atoms with Gasteiger partial charge in [-0.3, -0.25) is 28.9 Å². The van der Waals surface area contributed by atoms with Gasteiger partial charge < -0.3 is 15.9 Å². The summed E-state index contributed by atoms with van der Waals surface area (Å²) in [7, 11) is 3.09. The van der Waals surface area contributed by atoms with Crippen LogP contribution in [0.25, 0.3) is 0 Å². The van der Waals surface area contributed by atoms with Crippen LogP contribution in [0, 0.1) is 42.4 Å². The van der Waals surface area contributed by atoms with Gasteiger partial charge in [-0.2, -0.15) is 0 Å². The van der Waals surface area contributed by atoms with Gasteiger partial charge in [0.15, 0.2) is 34.7 Å². The first-order chi connectivity index (χ1) is 18.4. The van der Waals surface area contributed by atoms with Gasteiger partial charge in [-0.05, 0) is 69.6 Å². The van der Waals surface area contributed by atoms with E-state index in [9.17, 15) is 34.2 Å². The van der Waals surface area contributed by atoms with E-state index >= 15 is 0 Å². The number of hydrogen-bond donors (Lipinski definition) is 3. The van der Waals surface area contributed by atoms with E-state index in [4.69, 9.17) is 5.73 Å². The van der Waals surface area contributed by atoms with Crippen LogP contribution in [0.5, 0.6) is 5.75 Å². The van der Waals surface area contributed by atoms with Gasteiger partial charge in [0, 0.05) is 17.0 Å². The Bertz CT molecular complexity index is 1510. The van der Waals surface area contributed by atoms with Crippen LogP contribution in [0.3, 0.4) is 0 Å². The molecule has 2 fully saturated rings. The molecular weight excluding hydrogens is 500 g/mol. The average Bonchev–Trinajstić information content (AvgIpc) is 2.86. The zero-order valence-corrected chi connectivity index (χ0v) is 21.7. The van der Waals surface area contributed by atoms with E-state index in [1.54, 1.807) is 20.2 Å². The maximum atomic E-state index is 13.8. The molecule has 0 spiro atoms. The summed E-state index contributed by atoms with van der Waals surface area (Å²) in [6.07, 6.45) is 0.155. The van der Waals surface area contributed by atoms with Crippen LogP contribution >= 0.6 is 0 Å². The number of nitrogens with two attached hydrogens (primary N) is 1. The Labute approximate surface area is 225 Å². The van der Waals surface area contributed by atoms with Crippen LogP contribution in [0.1, 0.15) is 39.0 Å². The highest BCUT2D eigenvalue weighted by atomic mass is 16.3. The number of nitrogens with zero attached hydrogens (tertiary/aromatic N) is 1. The molecule has 200 valence electrons. The smallest absolute Gasteiger partial charge is 0.235 e. The molecule has 2 aromatic carbocycles. The number of phenolic OH excluding ortho intramolecular Hbond substituents is 1. The third-order valence-corrected chi connectivity index (χ3v) is 8.34. The number of amides is 1. The van der Waals surface area contributed by atoms with E-state index < -0.39 is 64.4 Å². The third kappa shape index (κ3) is 3.90. The molecule has 39 heavy (non-hydrogen) atoms. The van der Waals surface area contributed by atoms with Gasteiger partial charge in [0.05, 0.1) is 17.5 Å². The van der Waals surface area contributed by atoms with Gasteiger partial charge in [-0.1, -0.05) is 29.5 Å². The molecule has 3 aliphatic rings. The highest BCUT2D eigenvalue weighted by Crippen LogP contribution is 2.50. The summed E-state index contributed by atoms with van der Waals surface area (Å²) in [4.78, 5) is 67.6. The normalized spacial score (nSPS) is 29.7. The van der Waals surface area contributed by atoms with E-state index in [1.165, 1.54) is 11.0 Å². The molecule has 9 nitrogen and oxygen atoms in total. The fourth-order valence-corrected chi connectivity index (χ4v) is 6.50. The molecule has 1 amide bonds. The van der Waals surface area contributed by atoms with Crippen molar-refractivity contribution in [2.24, 2.45) is 29.4 Å². The highest BCUT2D eigenvalue weighted by molar-refractivity contribution is 6.32. The zero-order chi connectivity index (χ0) is 28.4. The van der Waals surface area contributed by atoms with E-state index in [0.717, 1.165) is 11.1 Å². The molecule has 6 atom stereocenters. The number of aromatic hydroxyl groups is 1. The number of aryl methyl sites for hydroxylation is 1. The van der Waals surface area contributed by atoms with Gasteiger partial charge in [0.25, 0.3) is 0 Å². The Morgan fingerprint density at radius 3 is 2.31 bits per heavy atom. The quantitative estimate of drug-likeness (QED) is 0.378. The summed E-state index contributed by atoms with van der Waals surface area (Å²) in [6, 6.07) is 9.39. The van der Waals surface area contributed by atoms with Crippen LogP contribution in [-0.4, -0.2) is 69.9 Å². The second-order valence-corrected chi connectivity index (χ2v) is 10.9. The lowest BCUT2D eigenvalue weighted by molar-refractivity contribution is -0.181. The fraction of sp³-hybridized carbons (Fsp3) is 0.367. The molecule has 4 unspecified atom stereocenters. The second kappa shape index (κ2) is 9.26. The van der Waals surface area contributed by atoms with E-state index in [2.05, 4.69) is 11.8 Å². The van der Waals surface area contributed by atoms with Crippen LogP contribution < -0.4 is 5.73 Å². The first kappa shape index (κ1) is 26.5. The van der Waals surface area contributed by atoms with Crippen molar-refractivity contribution in [2.75, 3.05) is 14.1 Å². The lowest BCUT2D eigenvalue weighted by Gasteiger charge is -2.52. The molecule has 9 heteroatoms. The summed E-state index contributed by atoms with van der Waals surface area (Å²) in [5.74, 6) is -4.56. The molecule has 0 saturated heterocycles. The standard InChI is InChI=1S/C30H28N2O7/c1-14-4-6-15(7-5-14)8-9-16-10-11-20(33)22-18(16)12-17-13-19-24(32(2)3)26(35)23(29(31)38)28(37)30(19,39)27(36)21(17)25(22)34/h4-7,10-11,17,19,21,23-24,33,39H,12-13H2,1-3H3,(H2,31,38)/t17?,19?,21?,23?,24-,30-/m0/s1. The maximum absolute atomic E-state index is 13.8. The lowest BCUT2D eigenvalue weighted by Crippen LogP contribution is -2.74. The van der Waals surface area contributed by atoms with Crippen molar-refractivity contribution < 1.29 is 34.2 Å². The fourth-order valence-electron chi connectivity index (χ4n) is 6.50.